The van der Waals surface area contributed by atoms with Gasteiger partial charge in [0.2, 0.25) is 0 Å². The van der Waals surface area contributed by atoms with Crippen LogP contribution in [0.4, 0.5) is 23.7 Å². The largest absolute Gasteiger partial charge is 0.445 e. The molecular weight excluding hydrogens is 331 g/mol. The summed E-state index contributed by atoms with van der Waals surface area (Å²) < 4.78 is 46.1. The van der Waals surface area contributed by atoms with Gasteiger partial charge in [0.05, 0.1) is 5.69 Å². The van der Waals surface area contributed by atoms with Crippen molar-refractivity contribution in [3.05, 3.63) is 28.3 Å². The van der Waals surface area contributed by atoms with Crippen LogP contribution in [0, 0.1) is 30.6 Å². The molecule has 0 radical (unpaired) electrons. The fraction of sp³-hybridized carbons (Fsp3) is 0.438. The van der Waals surface area contributed by atoms with E-state index in [-0.39, 0.29) is 28.1 Å². The first-order chi connectivity index (χ1) is 10.6. The molecule has 3 atom stereocenters. The summed E-state index contributed by atoms with van der Waals surface area (Å²) >= 11 is 5.97. The summed E-state index contributed by atoms with van der Waals surface area (Å²) in [6, 6.07) is 2.55. The van der Waals surface area contributed by atoms with Crippen molar-refractivity contribution in [2.45, 2.75) is 32.0 Å². The molecule has 3 rings (SSSR count). The molecule has 1 amide bonds. The van der Waals surface area contributed by atoms with E-state index < -0.39 is 17.9 Å². The Kier molecular flexibility index (Phi) is 3.53. The fourth-order valence-electron chi connectivity index (χ4n) is 2.50. The number of aryl methyl sites for hydroxylation is 1. The van der Waals surface area contributed by atoms with Crippen LogP contribution >= 0.6 is 11.6 Å². The Morgan fingerprint density at radius 2 is 2.09 bits per heavy atom. The third-order valence-corrected chi connectivity index (χ3v) is 4.51. The lowest BCUT2D eigenvalue weighted by Gasteiger charge is -2.36. The number of hydrogen-bond acceptors (Lipinski definition) is 2. The molecule has 3 nitrogen and oxygen atoms in total. The molecule has 2 unspecified atom stereocenters. The van der Waals surface area contributed by atoms with Crippen molar-refractivity contribution in [2.24, 2.45) is 11.8 Å². The average Bonchev–Trinajstić information content (AvgIpc) is 3.13. The van der Waals surface area contributed by atoms with Gasteiger partial charge in [-0.15, -0.1) is 0 Å². The lowest BCUT2D eigenvalue weighted by molar-refractivity contribution is -0.239. The molecule has 7 heteroatoms. The van der Waals surface area contributed by atoms with Crippen LogP contribution in [-0.4, -0.2) is 12.3 Å². The molecule has 1 N–H and O–H groups in total. The lowest BCUT2D eigenvalue weighted by atomic mass is 9.89. The Labute approximate surface area is 136 Å². The lowest BCUT2D eigenvalue weighted by Crippen LogP contribution is -2.49. The topological polar surface area (TPSA) is 38.3 Å². The highest BCUT2D eigenvalue weighted by Gasteiger charge is 2.62. The number of cyclic esters (lactones) is 1. The maximum absolute atomic E-state index is 13.8. The van der Waals surface area contributed by atoms with Gasteiger partial charge < -0.3 is 4.74 Å². The molecule has 0 saturated heterocycles. The van der Waals surface area contributed by atoms with Gasteiger partial charge in [-0.3, -0.25) is 5.32 Å². The van der Waals surface area contributed by atoms with E-state index in [0.29, 0.717) is 5.56 Å². The first-order valence-electron chi connectivity index (χ1n) is 7.04. The van der Waals surface area contributed by atoms with Gasteiger partial charge in [-0.2, -0.15) is 13.2 Å². The Morgan fingerprint density at radius 3 is 2.65 bits per heavy atom. The molecule has 1 aliphatic heterocycles. The van der Waals surface area contributed by atoms with Crippen LogP contribution < -0.4 is 5.32 Å². The monoisotopic (exact) mass is 343 g/mol. The van der Waals surface area contributed by atoms with Crippen molar-refractivity contribution in [3.63, 3.8) is 0 Å². The van der Waals surface area contributed by atoms with E-state index in [1.165, 1.54) is 6.07 Å². The summed E-state index contributed by atoms with van der Waals surface area (Å²) in [4.78, 5) is 11.7. The predicted molar refractivity (Wildman–Crippen MR) is 79.1 cm³/mol. The van der Waals surface area contributed by atoms with E-state index in [4.69, 9.17) is 11.6 Å². The summed E-state index contributed by atoms with van der Waals surface area (Å²) in [5, 5.41) is 2.43. The summed E-state index contributed by atoms with van der Waals surface area (Å²) in [6.07, 6.45) is -5.33. The molecule has 1 heterocycles. The molecule has 23 heavy (non-hydrogen) atoms. The van der Waals surface area contributed by atoms with Gasteiger partial charge >= 0.3 is 12.3 Å². The third kappa shape index (κ3) is 2.63. The summed E-state index contributed by atoms with van der Waals surface area (Å²) in [6.45, 7) is 3.54. The maximum atomic E-state index is 13.8. The van der Waals surface area contributed by atoms with Gasteiger partial charge in [-0.1, -0.05) is 24.4 Å². The molecule has 2 aliphatic rings. The zero-order valence-corrected chi connectivity index (χ0v) is 13.1. The number of rotatable bonds is 0. The molecule has 1 aromatic rings. The number of nitrogens with one attached hydrogen (secondary N) is 1. The van der Waals surface area contributed by atoms with Crippen LogP contribution in [0.25, 0.3) is 0 Å². The van der Waals surface area contributed by atoms with Crippen LogP contribution in [0.15, 0.2) is 12.1 Å². The number of carbonyl (C=O) groups is 1. The van der Waals surface area contributed by atoms with Crippen molar-refractivity contribution in [3.8, 4) is 11.8 Å². The van der Waals surface area contributed by atoms with Crippen molar-refractivity contribution in [1.29, 1.82) is 0 Å². The SMILES string of the molecule is Cc1cc2c(cc1Cl)[C@@](C#CC1CC1C)(C(F)(F)F)OC(=O)N2. The second-order valence-electron chi connectivity index (χ2n) is 5.93. The Hall–Kier alpha value is -1.87. The van der Waals surface area contributed by atoms with Crippen LogP contribution in [0.5, 0.6) is 0 Å². The van der Waals surface area contributed by atoms with Crippen LogP contribution in [0.3, 0.4) is 0 Å². The van der Waals surface area contributed by atoms with Gasteiger partial charge in [-0.05, 0) is 42.9 Å². The molecule has 0 spiro atoms. The molecule has 0 bridgehead atoms. The van der Waals surface area contributed by atoms with E-state index in [2.05, 4.69) is 21.9 Å². The molecule has 1 aromatic carbocycles. The second kappa shape index (κ2) is 5.07. The van der Waals surface area contributed by atoms with Gasteiger partial charge in [-0.25, -0.2) is 4.79 Å². The highest BCUT2D eigenvalue weighted by Crippen LogP contribution is 2.49. The van der Waals surface area contributed by atoms with Gasteiger partial charge in [0.15, 0.2) is 0 Å². The Morgan fingerprint density at radius 1 is 1.43 bits per heavy atom. The van der Waals surface area contributed by atoms with Gasteiger partial charge in [0.1, 0.15) is 0 Å². The number of hydrogen-bond donors (Lipinski definition) is 1. The molecule has 0 aromatic heterocycles. The molecular formula is C16H13ClF3NO2. The number of amides is 1. The van der Waals surface area contributed by atoms with Gasteiger partial charge in [0.25, 0.3) is 5.60 Å². The zero-order valence-electron chi connectivity index (χ0n) is 12.3. The molecule has 1 fully saturated rings. The predicted octanol–water partition coefficient (Wildman–Crippen LogP) is 4.63. The van der Waals surface area contributed by atoms with Crippen molar-refractivity contribution in [1.82, 2.24) is 0 Å². The minimum Gasteiger partial charge on any atom is -0.415 e. The quantitative estimate of drug-likeness (QED) is 0.698. The summed E-state index contributed by atoms with van der Waals surface area (Å²) in [5.74, 6) is 4.94. The minimum absolute atomic E-state index is 0.0126. The minimum atomic E-state index is -4.89. The number of benzene rings is 1. The first kappa shape index (κ1) is 16.0. The summed E-state index contributed by atoms with van der Waals surface area (Å²) in [5.41, 5.74) is -2.73. The Bertz CT molecular complexity index is 750. The average molecular weight is 344 g/mol. The molecule has 122 valence electrons. The number of ether oxygens (including phenoxy) is 1. The standard InChI is InChI=1S/C16H13ClF3NO2/c1-8-5-10(8)3-4-15(16(18,19)20)11-7-12(17)9(2)6-13(11)21-14(22)23-15/h6-8,10H,5H2,1-2H3,(H,21,22)/t8?,10?,15-/m0/s1. The van der Waals surface area contributed by atoms with Crippen molar-refractivity contribution in [2.75, 3.05) is 5.32 Å². The van der Waals surface area contributed by atoms with Crippen LogP contribution in [-0.2, 0) is 10.3 Å². The number of fused-ring (bicyclic) bond motifs is 1. The normalized spacial score (nSPS) is 28.9. The summed E-state index contributed by atoms with van der Waals surface area (Å²) in [7, 11) is 0. The van der Waals surface area contributed by atoms with E-state index in [9.17, 15) is 18.0 Å². The molecule has 1 aliphatic carbocycles. The van der Waals surface area contributed by atoms with E-state index in [1.54, 1.807) is 6.92 Å². The fourth-order valence-corrected chi connectivity index (χ4v) is 2.66. The number of anilines is 1. The second-order valence-corrected chi connectivity index (χ2v) is 6.34. The smallest absolute Gasteiger partial charge is 0.415 e. The number of carbonyl (C=O) groups excluding carboxylic acids is 1. The van der Waals surface area contributed by atoms with Crippen LogP contribution in [0.2, 0.25) is 5.02 Å². The zero-order chi connectivity index (χ0) is 17.0. The van der Waals surface area contributed by atoms with E-state index >= 15 is 0 Å². The molecule has 1 saturated carbocycles. The first-order valence-corrected chi connectivity index (χ1v) is 7.42. The third-order valence-electron chi connectivity index (χ3n) is 4.10. The van der Waals surface area contributed by atoms with Crippen LogP contribution in [0.1, 0.15) is 24.5 Å². The highest BCUT2D eigenvalue weighted by molar-refractivity contribution is 6.31. The van der Waals surface area contributed by atoms with Gasteiger partial charge in [0, 0.05) is 16.5 Å². The number of halogens is 4. The maximum Gasteiger partial charge on any atom is 0.445 e. The number of alkyl halides is 3. The highest BCUT2D eigenvalue weighted by atomic mass is 35.5. The van der Waals surface area contributed by atoms with Crippen molar-refractivity contribution < 1.29 is 22.7 Å². The van der Waals surface area contributed by atoms with Crippen molar-refractivity contribution >= 4 is 23.4 Å². The van der Waals surface area contributed by atoms with E-state index in [0.717, 1.165) is 12.5 Å². The Balaban J connectivity index is 2.21. The van der Waals surface area contributed by atoms with E-state index in [1.807, 2.05) is 6.92 Å².